The number of aromatic amines is 1. The van der Waals surface area contributed by atoms with Crippen molar-refractivity contribution in [3.05, 3.63) is 83.2 Å². The molecule has 10 heteroatoms. The van der Waals surface area contributed by atoms with Gasteiger partial charge in [0.15, 0.2) is 0 Å². The summed E-state index contributed by atoms with van der Waals surface area (Å²) in [5.74, 6) is -0.545. The number of amides is 1. The van der Waals surface area contributed by atoms with E-state index in [4.69, 9.17) is 0 Å². The second kappa shape index (κ2) is 8.79. The Morgan fingerprint density at radius 2 is 1.71 bits per heavy atom. The first-order chi connectivity index (χ1) is 16.8. The summed E-state index contributed by atoms with van der Waals surface area (Å²) in [5.41, 5.74) is 2.19. The van der Waals surface area contributed by atoms with Crippen LogP contribution in [0.2, 0.25) is 0 Å². The molecule has 1 atom stereocenters. The maximum atomic E-state index is 13.0. The normalized spacial score (nSPS) is 16.0. The zero-order valence-electron chi connectivity index (χ0n) is 18.2. The number of rotatable bonds is 5. The summed E-state index contributed by atoms with van der Waals surface area (Å²) in [6.07, 6.45) is -4.31. The van der Waals surface area contributed by atoms with E-state index in [0.29, 0.717) is 35.4 Å². The molecular weight excluding hydrogens is 461 g/mol. The van der Waals surface area contributed by atoms with Crippen molar-refractivity contribution in [2.24, 2.45) is 0 Å². The van der Waals surface area contributed by atoms with Crippen LogP contribution in [-0.2, 0) is 4.79 Å². The van der Waals surface area contributed by atoms with Crippen LogP contribution in [0, 0.1) is 0 Å². The minimum absolute atomic E-state index is 0.187. The summed E-state index contributed by atoms with van der Waals surface area (Å²) in [4.78, 5) is 26.7. The number of nitrogens with one attached hydrogen (secondary N) is 2. The summed E-state index contributed by atoms with van der Waals surface area (Å²) >= 11 is 0. The number of H-pyrrole nitrogens is 1. The Bertz CT molecular complexity index is 1450. The Morgan fingerprint density at radius 1 is 0.971 bits per heavy atom. The van der Waals surface area contributed by atoms with E-state index < -0.39 is 12.4 Å². The molecule has 35 heavy (non-hydrogen) atoms. The molecule has 1 aliphatic heterocycles. The summed E-state index contributed by atoms with van der Waals surface area (Å²) in [7, 11) is 0. The number of halogens is 3. The molecular formula is C25H19F3N4O3. The summed E-state index contributed by atoms with van der Waals surface area (Å²) in [6, 6.07) is 19.3. The molecule has 1 fully saturated rings. The largest absolute Gasteiger partial charge is 0.573 e. The highest BCUT2D eigenvalue weighted by Gasteiger charge is 2.33. The van der Waals surface area contributed by atoms with E-state index in [9.17, 15) is 22.8 Å². The van der Waals surface area contributed by atoms with Gasteiger partial charge in [0.25, 0.3) is 5.56 Å². The predicted octanol–water partition coefficient (Wildman–Crippen LogP) is 4.71. The van der Waals surface area contributed by atoms with E-state index in [0.717, 1.165) is 10.9 Å². The topological polar surface area (TPSA) is 87.3 Å². The fraction of sp³-hybridized carbons (Fsp3) is 0.160. The Labute approximate surface area is 197 Å². The molecule has 0 aliphatic carbocycles. The van der Waals surface area contributed by atoms with Crippen molar-refractivity contribution in [1.29, 1.82) is 0 Å². The predicted molar refractivity (Wildman–Crippen MR) is 125 cm³/mol. The average molecular weight is 480 g/mol. The summed E-state index contributed by atoms with van der Waals surface area (Å²) < 4.78 is 41.4. The van der Waals surface area contributed by atoms with Crippen molar-refractivity contribution in [1.82, 2.24) is 10.2 Å². The molecule has 0 spiro atoms. The fourth-order valence-electron chi connectivity index (χ4n) is 4.19. The number of hydrogen-bond acceptors (Lipinski definition) is 5. The van der Waals surface area contributed by atoms with Gasteiger partial charge in [0.1, 0.15) is 11.8 Å². The van der Waals surface area contributed by atoms with Gasteiger partial charge in [0.05, 0.1) is 11.1 Å². The lowest BCUT2D eigenvalue weighted by molar-refractivity contribution is -0.274. The van der Waals surface area contributed by atoms with E-state index in [1.807, 2.05) is 24.3 Å². The molecule has 2 N–H and O–H groups in total. The van der Waals surface area contributed by atoms with Gasteiger partial charge in [-0.3, -0.25) is 9.59 Å². The lowest BCUT2D eigenvalue weighted by Gasteiger charge is -2.18. The zero-order chi connectivity index (χ0) is 24.6. The molecule has 5 rings (SSSR count). The van der Waals surface area contributed by atoms with Crippen LogP contribution in [0.1, 0.15) is 6.42 Å². The third-order valence-electron chi connectivity index (χ3n) is 5.76. The molecule has 0 radical (unpaired) electrons. The van der Waals surface area contributed by atoms with E-state index in [2.05, 4.69) is 20.3 Å². The van der Waals surface area contributed by atoms with Crippen LogP contribution in [-0.4, -0.2) is 35.1 Å². The highest BCUT2D eigenvalue weighted by atomic mass is 19.4. The molecule has 0 bridgehead atoms. The van der Waals surface area contributed by atoms with Gasteiger partial charge < -0.3 is 15.0 Å². The highest BCUT2D eigenvalue weighted by Crippen LogP contribution is 2.30. The third-order valence-corrected chi connectivity index (χ3v) is 5.76. The number of fused-ring (bicyclic) bond motifs is 1. The number of carbonyl (C=O) groups excluding carboxylic acids is 1. The molecule has 3 aromatic carbocycles. The number of carbonyl (C=O) groups is 1. The van der Waals surface area contributed by atoms with Gasteiger partial charge in [-0.05, 0) is 36.8 Å². The van der Waals surface area contributed by atoms with Crippen molar-refractivity contribution in [3.8, 4) is 17.0 Å². The molecule has 0 saturated carbocycles. The number of anilines is 2. The van der Waals surface area contributed by atoms with Crippen LogP contribution < -0.4 is 20.5 Å². The summed E-state index contributed by atoms with van der Waals surface area (Å²) in [5, 5.41) is 11.0. The van der Waals surface area contributed by atoms with Gasteiger partial charge in [0, 0.05) is 34.9 Å². The van der Waals surface area contributed by atoms with Crippen molar-refractivity contribution >= 4 is 28.1 Å². The first-order valence-corrected chi connectivity index (χ1v) is 10.8. The highest BCUT2D eigenvalue weighted by molar-refractivity contribution is 6.01. The number of ether oxygens (including phenoxy) is 1. The Balaban J connectivity index is 1.32. The second-order valence-corrected chi connectivity index (χ2v) is 8.04. The Morgan fingerprint density at radius 3 is 2.46 bits per heavy atom. The zero-order valence-corrected chi connectivity index (χ0v) is 18.2. The number of nitrogens with zero attached hydrogens (tertiary/aromatic N) is 2. The van der Waals surface area contributed by atoms with Gasteiger partial charge in [-0.25, -0.2) is 5.10 Å². The lowest BCUT2D eigenvalue weighted by atomic mass is 10.0. The standard InChI is InChI=1S/C25H19F3N4O3/c26-25(27,28)35-18-5-3-4-16(14-18)29-21-12-13-32(24(21)34)17-10-8-15(9-11-17)22-19-6-1-2-7-20(19)23(33)31-30-22/h1-11,14,21,29H,12-13H2,(H,31,33). The minimum atomic E-state index is -4.79. The van der Waals surface area contributed by atoms with E-state index in [1.54, 1.807) is 35.2 Å². The van der Waals surface area contributed by atoms with Crippen LogP contribution in [0.25, 0.3) is 22.0 Å². The van der Waals surface area contributed by atoms with Gasteiger partial charge in [-0.15, -0.1) is 13.2 Å². The van der Waals surface area contributed by atoms with Crippen LogP contribution >= 0.6 is 0 Å². The molecule has 1 aromatic heterocycles. The van der Waals surface area contributed by atoms with Gasteiger partial charge in [0.2, 0.25) is 5.91 Å². The number of hydrogen-bond donors (Lipinski definition) is 2. The van der Waals surface area contributed by atoms with Gasteiger partial charge in [-0.1, -0.05) is 36.4 Å². The molecule has 1 amide bonds. The van der Waals surface area contributed by atoms with Crippen LogP contribution in [0.15, 0.2) is 77.6 Å². The fourth-order valence-corrected chi connectivity index (χ4v) is 4.19. The molecule has 178 valence electrons. The van der Waals surface area contributed by atoms with Crippen LogP contribution in [0.5, 0.6) is 5.75 Å². The molecule has 4 aromatic rings. The molecule has 1 aliphatic rings. The average Bonchev–Trinajstić information content (AvgIpc) is 3.19. The van der Waals surface area contributed by atoms with Gasteiger partial charge in [-0.2, -0.15) is 5.10 Å². The number of aromatic nitrogens is 2. The maximum absolute atomic E-state index is 13.0. The quantitative estimate of drug-likeness (QED) is 0.432. The van der Waals surface area contributed by atoms with Gasteiger partial charge >= 0.3 is 6.36 Å². The van der Waals surface area contributed by atoms with E-state index in [-0.39, 0.29) is 17.2 Å². The SMILES string of the molecule is O=C1C(Nc2cccc(OC(F)(F)F)c2)CCN1c1ccc(-c2n[nH]c(=O)c3ccccc23)cc1. The Hall–Kier alpha value is -4.34. The van der Waals surface area contributed by atoms with Crippen molar-refractivity contribution in [2.75, 3.05) is 16.8 Å². The number of alkyl halides is 3. The van der Waals surface area contributed by atoms with Crippen LogP contribution in [0.3, 0.4) is 0 Å². The maximum Gasteiger partial charge on any atom is 0.573 e. The third kappa shape index (κ3) is 4.68. The van der Waals surface area contributed by atoms with Crippen molar-refractivity contribution in [3.63, 3.8) is 0 Å². The van der Waals surface area contributed by atoms with Crippen molar-refractivity contribution in [2.45, 2.75) is 18.8 Å². The van der Waals surface area contributed by atoms with E-state index in [1.165, 1.54) is 18.2 Å². The minimum Gasteiger partial charge on any atom is -0.406 e. The molecule has 7 nitrogen and oxygen atoms in total. The molecule has 2 heterocycles. The first-order valence-electron chi connectivity index (χ1n) is 10.8. The van der Waals surface area contributed by atoms with Crippen molar-refractivity contribution < 1.29 is 22.7 Å². The Kier molecular flexibility index (Phi) is 5.64. The smallest absolute Gasteiger partial charge is 0.406 e. The lowest BCUT2D eigenvalue weighted by Crippen LogP contribution is -2.33. The molecule has 1 unspecified atom stereocenters. The molecule has 1 saturated heterocycles. The monoisotopic (exact) mass is 480 g/mol. The second-order valence-electron chi connectivity index (χ2n) is 8.04. The van der Waals surface area contributed by atoms with Crippen LogP contribution in [0.4, 0.5) is 24.5 Å². The number of benzene rings is 3. The first kappa shape index (κ1) is 22.5. The van der Waals surface area contributed by atoms with E-state index >= 15 is 0 Å². The summed E-state index contributed by atoms with van der Waals surface area (Å²) in [6.45, 7) is 0.453.